The second-order valence-corrected chi connectivity index (χ2v) is 5.99. The third kappa shape index (κ3) is 2.00. The molecule has 0 N–H and O–H groups in total. The number of para-hydroxylation sites is 2. The van der Waals surface area contributed by atoms with Crippen LogP contribution in [0.5, 0.6) is 0 Å². The molecule has 0 spiro atoms. The van der Waals surface area contributed by atoms with Crippen molar-refractivity contribution >= 4 is 17.0 Å². The Bertz CT molecular complexity index is 837. The van der Waals surface area contributed by atoms with Gasteiger partial charge in [0.25, 0.3) is 0 Å². The molecule has 1 heterocycles. The maximum atomic E-state index is 2.50. The van der Waals surface area contributed by atoms with E-state index in [0.717, 1.165) is 12.8 Å². The Labute approximate surface area is 131 Å². The Morgan fingerprint density at radius 2 is 1.86 bits per heavy atom. The number of hydrogen-bond donors (Lipinski definition) is 0. The fourth-order valence-corrected chi connectivity index (χ4v) is 3.65. The highest BCUT2D eigenvalue weighted by Gasteiger charge is 2.19. The fourth-order valence-electron chi connectivity index (χ4n) is 3.65. The van der Waals surface area contributed by atoms with Crippen LogP contribution in [0.4, 0.5) is 0 Å². The minimum absolute atomic E-state index is 1.07. The molecule has 0 fully saturated rings. The van der Waals surface area contributed by atoms with Crippen molar-refractivity contribution in [2.45, 2.75) is 32.6 Å². The van der Waals surface area contributed by atoms with Crippen LogP contribution in [0.15, 0.2) is 54.6 Å². The van der Waals surface area contributed by atoms with Gasteiger partial charge in [-0.25, -0.2) is 0 Å². The van der Waals surface area contributed by atoms with Crippen LogP contribution in [0.2, 0.25) is 0 Å². The second-order valence-electron chi connectivity index (χ2n) is 5.99. The lowest BCUT2D eigenvalue weighted by molar-refractivity contribution is 0.806. The van der Waals surface area contributed by atoms with Gasteiger partial charge in [0.2, 0.25) is 0 Å². The van der Waals surface area contributed by atoms with Crippen LogP contribution < -0.4 is 0 Å². The Morgan fingerprint density at radius 3 is 2.68 bits per heavy atom. The van der Waals surface area contributed by atoms with Crippen molar-refractivity contribution in [2.24, 2.45) is 0 Å². The summed E-state index contributed by atoms with van der Waals surface area (Å²) < 4.78 is 2.50. The lowest BCUT2D eigenvalue weighted by Gasteiger charge is -2.13. The predicted octanol–water partition coefficient (Wildman–Crippen LogP) is 5.54. The summed E-state index contributed by atoms with van der Waals surface area (Å²) in [5.41, 5.74) is 7.00. The summed E-state index contributed by atoms with van der Waals surface area (Å²) in [4.78, 5) is 0. The molecule has 1 aliphatic rings. The largest absolute Gasteiger partial charge is 0.313 e. The number of benzene rings is 2. The van der Waals surface area contributed by atoms with E-state index in [2.05, 4.69) is 72.2 Å². The lowest BCUT2D eigenvalue weighted by Crippen LogP contribution is -2.02. The summed E-state index contributed by atoms with van der Waals surface area (Å²) in [5, 5.41) is 1.40. The number of fused-ring (bicyclic) bond motifs is 3. The highest BCUT2D eigenvalue weighted by atomic mass is 15.0. The smallest absolute Gasteiger partial charge is 0.0569 e. The first-order valence-corrected chi connectivity index (χ1v) is 8.27. The van der Waals surface area contributed by atoms with Crippen LogP contribution in [-0.4, -0.2) is 4.57 Å². The molecule has 0 radical (unpaired) electrons. The molecule has 0 saturated carbocycles. The van der Waals surface area contributed by atoms with E-state index >= 15 is 0 Å². The monoisotopic (exact) mass is 287 g/mol. The van der Waals surface area contributed by atoms with E-state index in [0.29, 0.717) is 0 Å². The van der Waals surface area contributed by atoms with E-state index in [1.165, 1.54) is 46.3 Å². The summed E-state index contributed by atoms with van der Waals surface area (Å²) in [5.74, 6) is 0. The van der Waals surface area contributed by atoms with E-state index in [1.807, 2.05) is 0 Å². The molecule has 0 saturated heterocycles. The molecule has 1 aliphatic carbocycles. The molecule has 1 aromatic heterocycles. The van der Waals surface area contributed by atoms with E-state index in [-0.39, 0.29) is 0 Å². The zero-order valence-corrected chi connectivity index (χ0v) is 13.0. The molecule has 22 heavy (non-hydrogen) atoms. The molecule has 0 amide bonds. The van der Waals surface area contributed by atoms with Gasteiger partial charge in [-0.2, -0.15) is 0 Å². The van der Waals surface area contributed by atoms with Crippen molar-refractivity contribution in [1.82, 2.24) is 4.57 Å². The van der Waals surface area contributed by atoms with Gasteiger partial charge >= 0.3 is 0 Å². The van der Waals surface area contributed by atoms with Gasteiger partial charge in [-0.3, -0.25) is 0 Å². The molecule has 1 heteroatoms. The zero-order valence-electron chi connectivity index (χ0n) is 13.0. The van der Waals surface area contributed by atoms with Crippen LogP contribution in [0.3, 0.4) is 0 Å². The number of allylic oxidation sites excluding steroid dienone is 1. The van der Waals surface area contributed by atoms with Crippen molar-refractivity contribution in [3.63, 3.8) is 0 Å². The first kappa shape index (κ1) is 13.4. The van der Waals surface area contributed by atoms with E-state index in [9.17, 15) is 0 Å². The highest BCUT2D eigenvalue weighted by molar-refractivity contribution is 5.95. The van der Waals surface area contributed by atoms with Crippen LogP contribution in [0, 0.1) is 0 Å². The van der Waals surface area contributed by atoms with Crippen molar-refractivity contribution in [2.75, 3.05) is 0 Å². The first-order chi connectivity index (χ1) is 10.9. The number of hydrogen-bond acceptors (Lipinski definition) is 0. The maximum absolute atomic E-state index is 2.50. The average Bonchev–Trinajstić information content (AvgIpc) is 2.73. The molecule has 1 nitrogen and oxygen atoms in total. The molecule has 4 rings (SSSR count). The van der Waals surface area contributed by atoms with E-state index in [1.54, 1.807) is 0 Å². The predicted molar refractivity (Wildman–Crippen MR) is 94.6 cm³/mol. The van der Waals surface area contributed by atoms with Crippen LogP contribution in [0.1, 0.15) is 36.6 Å². The van der Waals surface area contributed by atoms with Crippen LogP contribution in [-0.2, 0) is 12.8 Å². The second kappa shape index (κ2) is 5.49. The van der Waals surface area contributed by atoms with Crippen molar-refractivity contribution in [1.29, 1.82) is 0 Å². The van der Waals surface area contributed by atoms with Gasteiger partial charge in [-0.15, -0.1) is 0 Å². The molecule has 0 aliphatic heterocycles. The van der Waals surface area contributed by atoms with Crippen molar-refractivity contribution in [3.8, 4) is 5.69 Å². The van der Waals surface area contributed by atoms with Crippen LogP contribution >= 0.6 is 0 Å². The van der Waals surface area contributed by atoms with Crippen molar-refractivity contribution in [3.05, 3.63) is 71.4 Å². The van der Waals surface area contributed by atoms with Gasteiger partial charge < -0.3 is 4.57 Å². The van der Waals surface area contributed by atoms with Crippen molar-refractivity contribution < 1.29 is 0 Å². The summed E-state index contributed by atoms with van der Waals surface area (Å²) >= 11 is 0. The first-order valence-electron chi connectivity index (χ1n) is 8.27. The van der Waals surface area contributed by atoms with E-state index in [4.69, 9.17) is 0 Å². The average molecular weight is 287 g/mol. The standard InChI is InChI=1S/C21H21N/c1-2-16-10-9-14-19-18-13-7-4-8-15-20(18)22(21(16)19)17-11-5-3-6-12-17/h3,5-7,9-14H,2,4,8,15H2,1H3. The fraction of sp³-hybridized carbons (Fsp3) is 0.238. The summed E-state index contributed by atoms with van der Waals surface area (Å²) in [6.07, 6.45) is 9.29. The molecular formula is C21H21N. The Kier molecular flexibility index (Phi) is 3.34. The summed E-state index contributed by atoms with van der Waals surface area (Å²) in [6, 6.07) is 17.6. The minimum atomic E-state index is 1.07. The minimum Gasteiger partial charge on any atom is -0.313 e. The lowest BCUT2D eigenvalue weighted by atomic mass is 10.1. The quantitative estimate of drug-likeness (QED) is 0.583. The van der Waals surface area contributed by atoms with Gasteiger partial charge in [0.1, 0.15) is 0 Å². The van der Waals surface area contributed by atoms with Gasteiger partial charge in [-0.1, -0.05) is 55.5 Å². The molecule has 110 valence electrons. The maximum Gasteiger partial charge on any atom is 0.0569 e. The SMILES string of the molecule is CCc1cccc2c3c(n(-c4ccccc4)c12)CCCC=C3. The van der Waals surface area contributed by atoms with Gasteiger partial charge in [0.15, 0.2) is 0 Å². The van der Waals surface area contributed by atoms with Gasteiger partial charge in [0, 0.05) is 22.3 Å². The summed E-state index contributed by atoms with van der Waals surface area (Å²) in [7, 11) is 0. The number of aromatic nitrogens is 1. The van der Waals surface area contributed by atoms with Gasteiger partial charge in [-0.05, 0) is 43.4 Å². The topological polar surface area (TPSA) is 4.93 Å². The molecule has 0 atom stereocenters. The summed E-state index contributed by atoms with van der Waals surface area (Å²) in [6.45, 7) is 2.25. The Morgan fingerprint density at radius 1 is 1.00 bits per heavy atom. The molecule has 0 bridgehead atoms. The number of aryl methyl sites for hydroxylation is 1. The highest BCUT2D eigenvalue weighted by Crippen LogP contribution is 2.35. The molecule has 0 unspecified atom stereocenters. The molecule has 2 aromatic carbocycles. The number of nitrogens with zero attached hydrogens (tertiary/aromatic N) is 1. The molecular weight excluding hydrogens is 266 g/mol. The zero-order chi connectivity index (χ0) is 14.9. The number of rotatable bonds is 2. The van der Waals surface area contributed by atoms with E-state index < -0.39 is 0 Å². The third-order valence-electron chi connectivity index (χ3n) is 4.68. The Balaban J connectivity index is 2.14. The van der Waals surface area contributed by atoms with Crippen LogP contribution in [0.25, 0.3) is 22.7 Å². The molecule has 3 aromatic rings. The normalized spacial score (nSPS) is 14.0. The third-order valence-corrected chi connectivity index (χ3v) is 4.68. The Hall–Kier alpha value is -2.28. The van der Waals surface area contributed by atoms with Gasteiger partial charge in [0.05, 0.1) is 5.52 Å².